The van der Waals surface area contributed by atoms with E-state index in [1.54, 1.807) is 13.8 Å². The summed E-state index contributed by atoms with van der Waals surface area (Å²) in [4.78, 5) is 36.3. The summed E-state index contributed by atoms with van der Waals surface area (Å²) in [5.74, 6) is -2.11. The lowest BCUT2D eigenvalue weighted by molar-refractivity contribution is -0.135. The second-order valence-corrected chi connectivity index (χ2v) is 5.10. The highest BCUT2D eigenvalue weighted by Crippen LogP contribution is 2.30. The molecule has 0 spiro atoms. The topological polar surface area (TPSA) is 113 Å². The van der Waals surface area contributed by atoms with Crippen LogP contribution in [0.25, 0.3) is 0 Å². The van der Waals surface area contributed by atoms with Crippen molar-refractivity contribution in [3.05, 3.63) is 23.8 Å². The van der Waals surface area contributed by atoms with Gasteiger partial charge in [0.25, 0.3) is 5.91 Å². The summed E-state index contributed by atoms with van der Waals surface area (Å²) in [5.41, 5.74) is 5.11. The predicted octanol–water partition coefficient (Wildman–Crippen LogP) is 0.208. The minimum atomic E-state index is -1.17. The standard InChI is InChI=1S/C13H15N3O4/c1-13(2)12(20)15-10(17)6-16(13)9-4-3-7(14)5-8(9)11(18)19/h3-5H,6,14H2,1-2H3,(H,18,19)(H,15,17,20). The van der Waals surface area contributed by atoms with Crippen molar-refractivity contribution in [1.29, 1.82) is 0 Å². The molecule has 7 nitrogen and oxygen atoms in total. The molecule has 0 radical (unpaired) electrons. The van der Waals surface area contributed by atoms with Gasteiger partial charge >= 0.3 is 5.97 Å². The number of rotatable bonds is 2. The number of carbonyl (C=O) groups excluding carboxylic acids is 2. The molecule has 4 N–H and O–H groups in total. The molecule has 106 valence electrons. The van der Waals surface area contributed by atoms with Gasteiger partial charge in [-0.1, -0.05) is 0 Å². The number of hydrogen-bond donors (Lipinski definition) is 3. The summed E-state index contributed by atoms with van der Waals surface area (Å²) in [6.45, 7) is 3.15. The molecule has 0 unspecified atom stereocenters. The number of nitrogens with zero attached hydrogens (tertiary/aromatic N) is 1. The number of anilines is 2. The molecular formula is C13H15N3O4. The van der Waals surface area contributed by atoms with Gasteiger partial charge in [0.1, 0.15) is 5.54 Å². The SMILES string of the molecule is CC1(C)C(=O)NC(=O)CN1c1ccc(N)cc1C(=O)O. The lowest BCUT2D eigenvalue weighted by Gasteiger charge is -2.42. The van der Waals surface area contributed by atoms with E-state index in [1.807, 2.05) is 0 Å². The third-order valence-corrected chi connectivity index (χ3v) is 3.33. The number of nitrogens with two attached hydrogens (primary N) is 1. The highest BCUT2D eigenvalue weighted by Gasteiger charge is 2.42. The van der Waals surface area contributed by atoms with Crippen LogP contribution in [0.3, 0.4) is 0 Å². The maximum atomic E-state index is 11.9. The normalized spacial score (nSPS) is 17.8. The van der Waals surface area contributed by atoms with Crippen LogP contribution in [0, 0.1) is 0 Å². The largest absolute Gasteiger partial charge is 0.478 e. The van der Waals surface area contributed by atoms with Gasteiger partial charge in [-0.15, -0.1) is 0 Å². The number of nitrogens with one attached hydrogen (secondary N) is 1. The molecule has 2 rings (SSSR count). The highest BCUT2D eigenvalue weighted by molar-refractivity contribution is 6.08. The van der Waals surface area contributed by atoms with E-state index < -0.39 is 23.3 Å². The Morgan fingerprint density at radius 2 is 2.05 bits per heavy atom. The van der Waals surface area contributed by atoms with Gasteiger partial charge in [-0.05, 0) is 32.0 Å². The molecule has 0 bridgehead atoms. The first-order valence-electron chi connectivity index (χ1n) is 5.98. The molecule has 0 aromatic heterocycles. The fourth-order valence-electron chi connectivity index (χ4n) is 2.13. The number of hydrogen-bond acceptors (Lipinski definition) is 5. The first-order valence-corrected chi connectivity index (χ1v) is 5.98. The smallest absolute Gasteiger partial charge is 0.337 e. The van der Waals surface area contributed by atoms with E-state index in [0.717, 1.165) is 0 Å². The first kappa shape index (κ1) is 13.9. The van der Waals surface area contributed by atoms with E-state index in [4.69, 9.17) is 5.73 Å². The highest BCUT2D eigenvalue weighted by atomic mass is 16.4. The van der Waals surface area contributed by atoms with Gasteiger partial charge < -0.3 is 15.7 Å². The number of carboxylic acids is 1. The Balaban J connectivity index is 2.57. The summed E-state index contributed by atoms with van der Waals surface area (Å²) in [6.07, 6.45) is 0. The van der Waals surface area contributed by atoms with Crippen molar-refractivity contribution in [2.75, 3.05) is 17.2 Å². The molecule has 1 aliphatic rings. The molecule has 0 saturated carbocycles. The van der Waals surface area contributed by atoms with Gasteiger partial charge in [0.05, 0.1) is 17.8 Å². The van der Waals surface area contributed by atoms with E-state index in [9.17, 15) is 19.5 Å². The predicted molar refractivity (Wildman–Crippen MR) is 72.4 cm³/mol. The zero-order valence-corrected chi connectivity index (χ0v) is 11.1. The van der Waals surface area contributed by atoms with Gasteiger partial charge in [0.2, 0.25) is 5.91 Å². The van der Waals surface area contributed by atoms with Crippen molar-refractivity contribution in [3.8, 4) is 0 Å². The van der Waals surface area contributed by atoms with E-state index in [0.29, 0.717) is 11.4 Å². The van der Waals surface area contributed by atoms with Crippen molar-refractivity contribution >= 4 is 29.2 Å². The van der Waals surface area contributed by atoms with Crippen LogP contribution < -0.4 is 16.0 Å². The third-order valence-electron chi connectivity index (χ3n) is 3.33. The number of benzene rings is 1. The van der Waals surface area contributed by atoms with E-state index in [1.165, 1.54) is 23.1 Å². The molecule has 0 aliphatic carbocycles. The van der Waals surface area contributed by atoms with Crippen LogP contribution in [-0.4, -0.2) is 35.0 Å². The Kier molecular flexibility index (Phi) is 3.13. The lowest BCUT2D eigenvalue weighted by Crippen LogP contribution is -2.64. The quantitative estimate of drug-likeness (QED) is 0.526. The molecule has 7 heteroatoms. The van der Waals surface area contributed by atoms with Gasteiger partial charge in [0.15, 0.2) is 0 Å². The molecule has 1 heterocycles. The number of carbonyl (C=O) groups is 3. The number of aromatic carboxylic acids is 1. The van der Waals surface area contributed by atoms with E-state index in [2.05, 4.69) is 5.32 Å². The van der Waals surface area contributed by atoms with Gasteiger partial charge in [-0.2, -0.15) is 0 Å². The van der Waals surface area contributed by atoms with E-state index in [-0.39, 0.29) is 12.1 Å². The van der Waals surface area contributed by atoms with Crippen LogP contribution in [0.2, 0.25) is 0 Å². The molecular weight excluding hydrogens is 262 g/mol. The molecule has 1 saturated heterocycles. The van der Waals surface area contributed by atoms with Crippen LogP contribution in [-0.2, 0) is 9.59 Å². The summed E-state index contributed by atoms with van der Waals surface area (Å²) in [6, 6.07) is 4.35. The number of amides is 2. The Bertz CT molecular complexity index is 610. The summed E-state index contributed by atoms with van der Waals surface area (Å²) in [7, 11) is 0. The Morgan fingerprint density at radius 3 is 2.65 bits per heavy atom. The van der Waals surface area contributed by atoms with Crippen molar-refractivity contribution < 1.29 is 19.5 Å². The van der Waals surface area contributed by atoms with Crippen molar-refractivity contribution in [2.24, 2.45) is 0 Å². The summed E-state index contributed by atoms with van der Waals surface area (Å²) >= 11 is 0. The van der Waals surface area contributed by atoms with Gasteiger partial charge in [0, 0.05) is 5.69 Å². The van der Waals surface area contributed by atoms with Crippen LogP contribution in [0.4, 0.5) is 11.4 Å². The van der Waals surface area contributed by atoms with Crippen LogP contribution in [0.1, 0.15) is 24.2 Å². The zero-order chi connectivity index (χ0) is 15.1. The second kappa shape index (κ2) is 4.52. The second-order valence-electron chi connectivity index (χ2n) is 5.10. The summed E-state index contributed by atoms with van der Waals surface area (Å²) in [5, 5.41) is 11.5. The van der Waals surface area contributed by atoms with Crippen LogP contribution >= 0.6 is 0 Å². The van der Waals surface area contributed by atoms with Gasteiger partial charge in [-0.3, -0.25) is 14.9 Å². The fraction of sp³-hybridized carbons (Fsp3) is 0.308. The molecule has 1 aromatic rings. The first-order chi connectivity index (χ1) is 9.23. The molecule has 20 heavy (non-hydrogen) atoms. The van der Waals surface area contributed by atoms with Gasteiger partial charge in [-0.25, -0.2) is 4.79 Å². The molecule has 0 atom stereocenters. The number of carboxylic acid groups (broad SMARTS) is 1. The molecule has 1 fully saturated rings. The number of nitrogen functional groups attached to an aromatic ring is 1. The molecule has 1 aromatic carbocycles. The number of imide groups is 1. The summed E-state index contributed by atoms with van der Waals surface area (Å²) < 4.78 is 0. The van der Waals surface area contributed by atoms with Crippen LogP contribution in [0.15, 0.2) is 18.2 Å². The fourth-order valence-corrected chi connectivity index (χ4v) is 2.13. The average molecular weight is 277 g/mol. The number of piperazine rings is 1. The van der Waals surface area contributed by atoms with Crippen LogP contribution in [0.5, 0.6) is 0 Å². The zero-order valence-electron chi connectivity index (χ0n) is 11.1. The molecule has 1 aliphatic heterocycles. The Hall–Kier alpha value is -2.57. The minimum absolute atomic E-state index is 0.0411. The molecule has 2 amide bonds. The third kappa shape index (κ3) is 2.18. The maximum Gasteiger partial charge on any atom is 0.337 e. The van der Waals surface area contributed by atoms with E-state index >= 15 is 0 Å². The average Bonchev–Trinajstić information content (AvgIpc) is 2.34. The Labute approximate surface area is 115 Å². The minimum Gasteiger partial charge on any atom is -0.478 e. The monoisotopic (exact) mass is 277 g/mol. The maximum absolute atomic E-state index is 11.9. The van der Waals surface area contributed by atoms with Crippen molar-refractivity contribution in [1.82, 2.24) is 5.32 Å². The van der Waals surface area contributed by atoms with Crippen molar-refractivity contribution in [3.63, 3.8) is 0 Å². The lowest BCUT2D eigenvalue weighted by atomic mass is 9.96. The van der Waals surface area contributed by atoms with Crippen molar-refractivity contribution in [2.45, 2.75) is 19.4 Å². The Morgan fingerprint density at radius 1 is 1.40 bits per heavy atom.